The Morgan fingerprint density at radius 3 is 2.18 bits per heavy atom. The topological polar surface area (TPSA) is 52.6 Å². The lowest BCUT2D eigenvalue weighted by atomic mass is 9.95. The number of anilines is 1. The molecule has 6 nitrogen and oxygen atoms in total. The van der Waals surface area contributed by atoms with E-state index >= 15 is 0 Å². The predicted molar refractivity (Wildman–Crippen MR) is 131 cm³/mol. The molecule has 0 saturated carbocycles. The molecule has 0 spiro atoms. The molecule has 0 N–H and O–H groups in total. The number of piperidine rings is 1. The Balaban J connectivity index is 1.10. The van der Waals surface area contributed by atoms with Gasteiger partial charge < -0.3 is 9.80 Å². The number of halogens is 1. The van der Waals surface area contributed by atoms with Crippen molar-refractivity contribution in [3.63, 3.8) is 0 Å². The second-order valence-electron chi connectivity index (χ2n) is 9.13. The van der Waals surface area contributed by atoms with Gasteiger partial charge in [-0.05, 0) is 54.8 Å². The Morgan fingerprint density at radius 2 is 1.53 bits per heavy atom. The van der Waals surface area contributed by atoms with Crippen LogP contribution in [0.25, 0.3) is 11.3 Å². The maximum Gasteiger partial charge on any atom is 0.225 e. The number of rotatable bonds is 5. The number of carbonyl (C=O) groups excluding carboxylic acids is 1. The van der Waals surface area contributed by atoms with Gasteiger partial charge in [-0.3, -0.25) is 9.69 Å². The van der Waals surface area contributed by atoms with Crippen LogP contribution in [0.5, 0.6) is 0 Å². The van der Waals surface area contributed by atoms with Gasteiger partial charge in [0.15, 0.2) is 5.82 Å². The zero-order chi connectivity index (χ0) is 23.3. The Morgan fingerprint density at radius 1 is 0.824 bits per heavy atom. The van der Waals surface area contributed by atoms with Crippen molar-refractivity contribution in [1.82, 2.24) is 20.0 Å². The second-order valence-corrected chi connectivity index (χ2v) is 9.13. The Hall–Kier alpha value is -3.32. The molecule has 3 aromatic rings. The summed E-state index contributed by atoms with van der Waals surface area (Å²) in [6.45, 7) is 6.02. The largest absolute Gasteiger partial charge is 0.355 e. The van der Waals surface area contributed by atoms with Gasteiger partial charge in [-0.25, -0.2) is 4.39 Å². The van der Waals surface area contributed by atoms with Crippen LogP contribution < -0.4 is 4.90 Å². The van der Waals surface area contributed by atoms with Crippen LogP contribution in [-0.4, -0.2) is 65.2 Å². The summed E-state index contributed by atoms with van der Waals surface area (Å²) in [6.07, 6.45) is 1.68. The van der Waals surface area contributed by atoms with E-state index in [-0.39, 0.29) is 11.7 Å². The average molecular weight is 460 g/mol. The van der Waals surface area contributed by atoms with Crippen LogP contribution in [0, 0.1) is 11.7 Å². The van der Waals surface area contributed by atoms with E-state index in [1.165, 1.54) is 17.7 Å². The molecule has 2 aliphatic heterocycles. The molecule has 5 rings (SSSR count). The summed E-state index contributed by atoms with van der Waals surface area (Å²) in [5.74, 6) is 0.950. The minimum atomic E-state index is -0.264. The lowest BCUT2D eigenvalue weighted by Gasteiger charge is -2.38. The molecule has 2 fully saturated rings. The van der Waals surface area contributed by atoms with Gasteiger partial charge in [0.1, 0.15) is 5.82 Å². The molecule has 0 unspecified atom stereocenters. The van der Waals surface area contributed by atoms with Crippen LogP contribution >= 0.6 is 0 Å². The van der Waals surface area contributed by atoms with Crippen LogP contribution in [-0.2, 0) is 11.3 Å². The molecule has 7 heteroatoms. The molecule has 1 aromatic heterocycles. The van der Waals surface area contributed by atoms with Crippen LogP contribution in [0.2, 0.25) is 0 Å². The number of aromatic nitrogens is 2. The van der Waals surface area contributed by atoms with Gasteiger partial charge >= 0.3 is 0 Å². The van der Waals surface area contributed by atoms with Crippen molar-refractivity contribution in [2.45, 2.75) is 19.4 Å². The highest BCUT2D eigenvalue weighted by molar-refractivity contribution is 5.79. The molecule has 2 aliphatic rings. The molecule has 34 heavy (non-hydrogen) atoms. The van der Waals surface area contributed by atoms with Crippen molar-refractivity contribution in [2.75, 3.05) is 44.2 Å². The van der Waals surface area contributed by atoms with Crippen molar-refractivity contribution in [3.05, 3.63) is 78.1 Å². The molecule has 0 atom stereocenters. The Kier molecular flexibility index (Phi) is 6.81. The third-order valence-electron chi connectivity index (χ3n) is 6.89. The van der Waals surface area contributed by atoms with Crippen molar-refractivity contribution in [3.8, 4) is 11.3 Å². The fourth-order valence-corrected chi connectivity index (χ4v) is 4.85. The smallest absolute Gasteiger partial charge is 0.225 e. The zero-order valence-corrected chi connectivity index (χ0v) is 19.3. The lowest BCUT2D eigenvalue weighted by molar-refractivity contribution is -0.138. The molecule has 1 amide bonds. The number of hydrogen-bond acceptors (Lipinski definition) is 5. The fourth-order valence-electron chi connectivity index (χ4n) is 4.85. The summed E-state index contributed by atoms with van der Waals surface area (Å²) in [6, 6.07) is 20.7. The molecule has 0 bridgehead atoms. The Bertz CT molecular complexity index is 1070. The lowest BCUT2D eigenvalue weighted by Crippen LogP contribution is -2.51. The highest BCUT2D eigenvalue weighted by atomic mass is 19.1. The quantitative estimate of drug-likeness (QED) is 0.580. The van der Waals surface area contributed by atoms with Crippen molar-refractivity contribution in [1.29, 1.82) is 0 Å². The minimum Gasteiger partial charge on any atom is -0.355 e. The first kappa shape index (κ1) is 22.5. The molecular weight excluding hydrogens is 429 g/mol. The summed E-state index contributed by atoms with van der Waals surface area (Å²) in [7, 11) is 0. The van der Waals surface area contributed by atoms with E-state index < -0.39 is 0 Å². The molecule has 2 saturated heterocycles. The van der Waals surface area contributed by atoms with Gasteiger partial charge in [0.05, 0.1) is 5.69 Å². The van der Waals surface area contributed by atoms with Gasteiger partial charge in [-0.15, -0.1) is 10.2 Å². The summed E-state index contributed by atoms with van der Waals surface area (Å²) in [5.41, 5.74) is 2.89. The first-order chi connectivity index (χ1) is 16.7. The van der Waals surface area contributed by atoms with Gasteiger partial charge in [0, 0.05) is 57.3 Å². The van der Waals surface area contributed by atoms with Crippen molar-refractivity contribution >= 4 is 11.7 Å². The summed E-state index contributed by atoms with van der Waals surface area (Å²) in [4.78, 5) is 19.8. The standard InChI is InChI=1S/C27H30FN5O/c28-24-8-6-22(7-9-24)25-10-11-26(30-29-25)32-14-12-23(13-15-32)27(34)33-18-16-31(17-19-33)20-21-4-2-1-3-5-21/h1-11,23H,12-20H2. The number of amides is 1. The number of nitrogens with zero attached hydrogens (tertiary/aromatic N) is 5. The molecular formula is C27H30FN5O. The summed E-state index contributed by atoms with van der Waals surface area (Å²) < 4.78 is 13.1. The first-order valence-corrected chi connectivity index (χ1v) is 12.1. The summed E-state index contributed by atoms with van der Waals surface area (Å²) >= 11 is 0. The molecule has 2 aromatic carbocycles. The molecule has 3 heterocycles. The molecule has 0 radical (unpaired) electrons. The normalized spacial score (nSPS) is 17.7. The van der Waals surface area contributed by atoms with Gasteiger partial charge in [-0.1, -0.05) is 30.3 Å². The zero-order valence-electron chi connectivity index (χ0n) is 19.3. The number of benzene rings is 2. The van der Waals surface area contributed by atoms with Gasteiger partial charge in [-0.2, -0.15) is 0 Å². The average Bonchev–Trinajstić information content (AvgIpc) is 2.90. The van der Waals surface area contributed by atoms with E-state index in [4.69, 9.17) is 0 Å². The monoisotopic (exact) mass is 459 g/mol. The second kappa shape index (κ2) is 10.3. The highest BCUT2D eigenvalue weighted by Gasteiger charge is 2.30. The third kappa shape index (κ3) is 5.25. The third-order valence-corrected chi connectivity index (χ3v) is 6.89. The molecule has 0 aliphatic carbocycles. The van der Waals surface area contributed by atoms with Crippen LogP contribution in [0.15, 0.2) is 66.7 Å². The van der Waals surface area contributed by atoms with E-state index in [0.29, 0.717) is 5.91 Å². The van der Waals surface area contributed by atoms with E-state index in [2.05, 4.69) is 49.2 Å². The maximum atomic E-state index is 13.1. The SMILES string of the molecule is O=C(C1CCN(c2ccc(-c3ccc(F)cc3)nn2)CC1)N1CCN(Cc2ccccc2)CC1. The predicted octanol–water partition coefficient (Wildman–Crippen LogP) is 3.84. The number of hydrogen-bond donors (Lipinski definition) is 0. The maximum absolute atomic E-state index is 13.1. The minimum absolute atomic E-state index is 0.0865. The first-order valence-electron chi connectivity index (χ1n) is 12.1. The van der Waals surface area contributed by atoms with Gasteiger partial charge in [0.2, 0.25) is 5.91 Å². The van der Waals surface area contributed by atoms with Crippen LogP contribution in [0.4, 0.5) is 10.2 Å². The van der Waals surface area contributed by atoms with Crippen LogP contribution in [0.3, 0.4) is 0 Å². The summed E-state index contributed by atoms with van der Waals surface area (Å²) in [5, 5.41) is 8.71. The van der Waals surface area contributed by atoms with E-state index in [1.807, 2.05) is 18.2 Å². The van der Waals surface area contributed by atoms with E-state index in [9.17, 15) is 9.18 Å². The van der Waals surface area contributed by atoms with Crippen molar-refractivity contribution < 1.29 is 9.18 Å². The van der Waals surface area contributed by atoms with E-state index in [0.717, 1.165) is 75.7 Å². The van der Waals surface area contributed by atoms with Crippen LogP contribution in [0.1, 0.15) is 18.4 Å². The number of carbonyl (C=O) groups is 1. The fraction of sp³-hybridized carbons (Fsp3) is 0.370. The number of piperazine rings is 1. The van der Waals surface area contributed by atoms with Gasteiger partial charge in [0.25, 0.3) is 0 Å². The van der Waals surface area contributed by atoms with E-state index in [1.54, 1.807) is 12.1 Å². The highest BCUT2D eigenvalue weighted by Crippen LogP contribution is 2.25. The molecule has 176 valence electrons. The van der Waals surface area contributed by atoms with Crippen molar-refractivity contribution in [2.24, 2.45) is 5.92 Å². The Labute approximate surface area is 200 Å².